The zero-order valence-corrected chi connectivity index (χ0v) is 20.1. The van der Waals surface area contributed by atoms with Gasteiger partial charge in [-0.2, -0.15) is 4.99 Å². The number of carbonyl (C=O) groups excluding carboxylic acids is 1. The van der Waals surface area contributed by atoms with Gasteiger partial charge in [-0.3, -0.25) is 4.79 Å². The van der Waals surface area contributed by atoms with Gasteiger partial charge >= 0.3 is 0 Å². The summed E-state index contributed by atoms with van der Waals surface area (Å²) in [5, 5.41) is 1.82. The first-order chi connectivity index (χ1) is 15.2. The molecule has 0 radical (unpaired) electrons. The number of nitrogens with two attached hydrogens (primary N) is 1. The van der Waals surface area contributed by atoms with Crippen molar-refractivity contribution in [1.82, 2.24) is 9.29 Å². The Bertz CT molecular complexity index is 1270. The zero-order chi connectivity index (χ0) is 23.3. The van der Waals surface area contributed by atoms with Gasteiger partial charge in [0.1, 0.15) is 0 Å². The summed E-state index contributed by atoms with van der Waals surface area (Å²) in [5.74, 6) is -0.322. The van der Waals surface area contributed by atoms with Gasteiger partial charge in [-0.15, -0.1) is 11.3 Å². The third-order valence-corrected chi connectivity index (χ3v) is 7.38. The van der Waals surface area contributed by atoms with E-state index >= 15 is 0 Å². The first kappa shape index (κ1) is 24.1. The number of aromatic nitrogens is 1. The summed E-state index contributed by atoms with van der Waals surface area (Å²) < 4.78 is 29.8. The van der Waals surface area contributed by atoms with Crippen LogP contribution < -0.4 is 15.3 Å². The van der Waals surface area contributed by atoms with Gasteiger partial charge in [-0.05, 0) is 57.5 Å². The second kappa shape index (κ2) is 10.4. The molecule has 32 heavy (non-hydrogen) atoms. The molecule has 170 valence electrons. The van der Waals surface area contributed by atoms with Gasteiger partial charge < -0.3 is 10.3 Å². The van der Waals surface area contributed by atoms with Crippen LogP contribution in [0.2, 0.25) is 0 Å². The second-order valence-electron chi connectivity index (χ2n) is 7.68. The molecule has 0 aliphatic carbocycles. The summed E-state index contributed by atoms with van der Waals surface area (Å²) in [6.45, 7) is 6.87. The molecule has 0 aliphatic heterocycles. The molecule has 1 aromatic heterocycles. The highest BCUT2D eigenvalue weighted by Crippen LogP contribution is 2.13. The lowest BCUT2D eigenvalue weighted by atomic mass is 10.1. The van der Waals surface area contributed by atoms with Crippen LogP contribution in [0.15, 0.2) is 57.7 Å². The molecule has 7 nitrogen and oxygen atoms in total. The Morgan fingerprint density at radius 1 is 1.09 bits per heavy atom. The molecule has 3 aromatic rings. The lowest BCUT2D eigenvalue weighted by Crippen LogP contribution is -2.27. The molecule has 0 aliphatic rings. The number of hydrogen-bond donors (Lipinski definition) is 2. The number of sulfonamides is 1. The van der Waals surface area contributed by atoms with Gasteiger partial charge in [-0.25, -0.2) is 13.1 Å². The number of amides is 1. The molecule has 9 heteroatoms. The maximum Gasteiger partial charge on any atom is 0.279 e. The van der Waals surface area contributed by atoms with E-state index in [4.69, 9.17) is 5.73 Å². The molecule has 0 unspecified atom stereocenters. The third kappa shape index (κ3) is 5.80. The van der Waals surface area contributed by atoms with Gasteiger partial charge in [0.2, 0.25) is 10.0 Å². The van der Waals surface area contributed by atoms with Crippen molar-refractivity contribution in [2.45, 2.75) is 45.2 Å². The number of hydrogen-bond acceptors (Lipinski definition) is 5. The van der Waals surface area contributed by atoms with Gasteiger partial charge in [0.25, 0.3) is 5.91 Å². The highest BCUT2D eigenvalue weighted by molar-refractivity contribution is 7.89. The summed E-state index contributed by atoms with van der Waals surface area (Å²) in [6.07, 6.45) is 0.680. The molecule has 2 aromatic carbocycles. The van der Waals surface area contributed by atoms with Crippen molar-refractivity contribution in [2.24, 2.45) is 10.7 Å². The van der Waals surface area contributed by atoms with Crippen molar-refractivity contribution in [3.63, 3.8) is 0 Å². The van der Waals surface area contributed by atoms with Crippen molar-refractivity contribution >= 4 is 27.3 Å². The SMILES string of the molecule is Cc1ccc(S(=O)(=O)NCc2csc(=NC(=O)c3ccc(C)cc3C)n2CCCN)cc1. The Hall–Kier alpha value is -2.59. The smallest absolute Gasteiger partial charge is 0.279 e. The number of thiazole rings is 1. The van der Waals surface area contributed by atoms with Crippen LogP contribution >= 0.6 is 11.3 Å². The largest absolute Gasteiger partial charge is 0.330 e. The first-order valence-corrected chi connectivity index (χ1v) is 12.7. The minimum Gasteiger partial charge on any atom is -0.330 e. The van der Waals surface area contributed by atoms with Crippen LogP contribution in [0.1, 0.15) is 39.2 Å². The average molecular weight is 473 g/mol. The molecule has 0 atom stereocenters. The van der Waals surface area contributed by atoms with Crippen molar-refractivity contribution in [1.29, 1.82) is 0 Å². The topological polar surface area (TPSA) is 107 Å². The lowest BCUT2D eigenvalue weighted by Gasteiger charge is -2.10. The Kier molecular flexibility index (Phi) is 7.78. The fraction of sp³-hybridized carbons (Fsp3) is 0.304. The lowest BCUT2D eigenvalue weighted by molar-refractivity contribution is 0.0997. The third-order valence-electron chi connectivity index (χ3n) is 5.05. The number of carbonyl (C=O) groups is 1. The molecule has 0 fully saturated rings. The van der Waals surface area contributed by atoms with E-state index in [0.29, 0.717) is 29.9 Å². The fourth-order valence-electron chi connectivity index (χ4n) is 3.25. The van der Waals surface area contributed by atoms with Crippen LogP contribution in [-0.4, -0.2) is 25.4 Å². The Balaban J connectivity index is 1.88. The summed E-state index contributed by atoms with van der Waals surface area (Å²) >= 11 is 1.31. The maximum atomic E-state index is 12.8. The van der Waals surface area contributed by atoms with E-state index in [0.717, 1.165) is 22.4 Å². The normalized spacial score (nSPS) is 12.3. The number of rotatable bonds is 8. The average Bonchev–Trinajstić information content (AvgIpc) is 3.12. The second-order valence-corrected chi connectivity index (χ2v) is 10.3. The minimum absolute atomic E-state index is 0.0878. The molecule has 3 N–H and O–H groups in total. The number of aryl methyl sites for hydroxylation is 3. The Morgan fingerprint density at radius 3 is 2.44 bits per heavy atom. The van der Waals surface area contributed by atoms with E-state index < -0.39 is 10.0 Å². The molecule has 1 heterocycles. The summed E-state index contributed by atoms with van der Waals surface area (Å²) in [6, 6.07) is 12.3. The highest BCUT2D eigenvalue weighted by Gasteiger charge is 2.16. The van der Waals surface area contributed by atoms with Crippen molar-refractivity contribution < 1.29 is 13.2 Å². The predicted octanol–water partition coefficient (Wildman–Crippen LogP) is 3.04. The predicted molar refractivity (Wildman–Crippen MR) is 127 cm³/mol. The van der Waals surface area contributed by atoms with Gasteiger partial charge in [0, 0.05) is 23.2 Å². The maximum absolute atomic E-state index is 12.8. The van der Waals surface area contributed by atoms with Gasteiger partial charge in [0.05, 0.1) is 11.4 Å². The summed E-state index contributed by atoms with van der Waals surface area (Å²) in [5.41, 5.74) is 9.90. The van der Waals surface area contributed by atoms with Crippen molar-refractivity contribution in [3.8, 4) is 0 Å². The van der Waals surface area contributed by atoms with E-state index in [9.17, 15) is 13.2 Å². The summed E-state index contributed by atoms with van der Waals surface area (Å²) in [4.78, 5) is 17.9. The van der Waals surface area contributed by atoms with E-state index in [1.54, 1.807) is 30.3 Å². The molecule has 0 spiro atoms. The van der Waals surface area contributed by atoms with Crippen LogP contribution in [0, 0.1) is 20.8 Å². The van der Waals surface area contributed by atoms with Gasteiger partial charge in [-0.1, -0.05) is 35.4 Å². The number of nitrogens with one attached hydrogen (secondary N) is 1. The molecule has 0 saturated carbocycles. The van der Waals surface area contributed by atoms with E-state index in [1.165, 1.54) is 11.3 Å². The minimum atomic E-state index is -3.66. The molecular formula is C23H28N4O3S2. The van der Waals surface area contributed by atoms with Gasteiger partial charge in [0.15, 0.2) is 4.80 Å². The first-order valence-electron chi connectivity index (χ1n) is 10.3. The van der Waals surface area contributed by atoms with Crippen molar-refractivity contribution in [3.05, 3.63) is 80.6 Å². The van der Waals surface area contributed by atoms with Crippen LogP contribution in [0.3, 0.4) is 0 Å². The fourth-order valence-corrected chi connectivity index (χ4v) is 5.18. The standard InChI is InChI=1S/C23H28N4O3S2/c1-16-5-8-20(9-6-16)32(29,30)25-14-19-15-31-23(27(19)12-4-11-24)26-22(28)21-10-7-17(2)13-18(21)3/h5-10,13,15,25H,4,11-12,14,24H2,1-3H3. The van der Waals surface area contributed by atoms with Crippen LogP contribution in [-0.2, 0) is 23.1 Å². The Labute approximate surface area is 192 Å². The number of nitrogens with zero attached hydrogens (tertiary/aromatic N) is 2. The van der Waals surface area contributed by atoms with Crippen molar-refractivity contribution in [2.75, 3.05) is 6.54 Å². The summed E-state index contributed by atoms with van der Waals surface area (Å²) in [7, 11) is -3.66. The molecular weight excluding hydrogens is 444 g/mol. The zero-order valence-electron chi connectivity index (χ0n) is 18.5. The highest BCUT2D eigenvalue weighted by atomic mass is 32.2. The molecule has 0 bridgehead atoms. The van der Waals surface area contributed by atoms with E-state index in [-0.39, 0.29) is 17.3 Å². The van der Waals surface area contributed by atoms with Crippen LogP contribution in [0.25, 0.3) is 0 Å². The molecule has 1 amide bonds. The quantitative estimate of drug-likeness (QED) is 0.525. The van der Waals surface area contributed by atoms with E-state index in [1.807, 2.05) is 42.9 Å². The van der Waals surface area contributed by atoms with Crippen LogP contribution in [0.4, 0.5) is 0 Å². The van der Waals surface area contributed by atoms with Crippen LogP contribution in [0.5, 0.6) is 0 Å². The number of benzene rings is 2. The molecule has 3 rings (SSSR count). The van der Waals surface area contributed by atoms with E-state index in [2.05, 4.69) is 9.71 Å². The Morgan fingerprint density at radius 2 is 1.78 bits per heavy atom. The monoisotopic (exact) mass is 472 g/mol. The molecule has 0 saturated heterocycles.